The lowest BCUT2D eigenvalue weighted by Crippen LogP contribution is -2.05. The Balaban J connectivity index is 1.89. The molecule has 2 heterocycles. The highest BCUT2D eigenvalue weighted by atomic mass is 32.1. The van der Waals surface area contributed by atoms with Gasteiger partial charge in [-0.05, 0) is 30.5 Å². The Morgan fingerprint density at radius 1 is 1.14 bits per heavy atom. The SMILES string of the molecule is COCc1ccccc1CNc1ncnc2sc(C)c(C)c12. The van der Waals surface area contributed by atoms with Crippen LogP contribution in [-0.2, 0) is 17.9 Å². The van der Waals surface area contributed by atoms with Gasteiger partial charge in [0.05, 0.1) is 12.0 Å². The Kier molecular flexibility index (Phi) is 4.36. The molecule has 0 unspecified atom stereocenters. The highest BCUT2D eigenvalue weighted by molar-refractivity contribution is 7.18. The van der Waals surface area contributed by atoms with E-state index in [0.717, 1.165) is 22.6 Å². The first-order valence-corrected chi connectivity index (χ1v) is 8.02. The van der Waals surface area contributed by atoms with Gasteiger partial charge in [-0.3, -0.25) is 0 Å². The summed E-state index contributed by atoms with van der Waals surface area (Å²) < 4.78 is 5.26. The number of fused-ring (bicyclic) bond motifs is 1. The highest BCUT2D eigenvalue weighted by Crippen LogP contribution is 2.32. The van der Waals surface area contributed by atoms with Crippen molar-refractivity contribution in [1.82, 2.24) is 9.97 Å². The van der Waals surface area contributed by atoms with Gasteiger partial charge < -0.3 is 10.1 Å². The number of aryl methyl sites for hydroxylation is 2. The highest BCUT2D eigenvalue weighted by Gasteiger charge is 2.12. The van der Waals surface area contributed by atoms with Crippen LogP contribution in [0.3, 0.4) is 0 Å². The first-order valence-electron chi connectivity index (χ1n) is 7.21. The lowest BCUT2D eigenvalue weighted by atomic mass is 10.1. The Bertz CT molecular complexity index is 798. The summed E-state index contributed by atoms with van der Waals surface area (Å²) in [6.07, 6.45) is 1.63. The molecule has 0 atom stereocenters. The predicted octanol–water partition coefficient (Wildman–Crippen LogP) is 4.07. The quantitative estimate of drug-likeness (QED) is 0.771. The Labute approximate surface area is 134 Å². The second-order valence-electron chi connectivity index (χ2n) is 5.24. The zero-order chi connectivity index (χ0) is 15.5. The normalized spacial score (nSPS) is 11.0. The molecular formula is C17H19N3OS. The van der Waals surface area contributed by atoms with Crippen LogP contribution >= 0.6 is 11.3 Å². The van der Waals surface area contributed by atoms with Gasteiger partial charge in [-0.25, -0.2) is 9.97 Å². The smallest absolute Gasteiger partial charge is 0.138 e. The zero-order valence-electron chi connectivity index (χ0n) is 13.0. The molecule has 0 spiro atoms. The number of methoxy groups -OCH3 is 1. The molecule has 5 heteroatoms. The monoisotopic (exact) mass is 313 g/mol. The van der Waals surface area contributed by atoms with Gasteiger partial charge in [0.15, 0.2) is 0 Å². The maximum atomic E-state index is 5.26. The standard InChI is InChI=1S/C17H19N3OS/c1-11-12(2)22-17-15(11)16(19-10-20-17)18-8-13-6-4-5-7-14(13)9-21-3/h4-7,10H,8-9H2,1-3H3,(H,18,19,20). The molecule has 0 aliphatic carbocycles. The van der Waals surface area contributed by atoms with Crippen LogP contribution in [0.2, 0.25) is 0 Å². The summed E-state index contributed by atoms with van der Waals surface area (Å²) in [5, 5.41) is 4.59. The average molecular weight is 313 g/mol. The van der Waals surface area contributed by atoms with E-state index in [1.807, 2.05) is 12.1 Å². The van der Waals surface area contributed by atoms with Crippen molar-refractivity contribution in [2.75, 3.05) is 12.4 Å². The molecule has 0 radical (unpaired) electrons. The van der Waals surface area contributed by atoms with E-state index in [2.05, 4.69) is 41.3 Å². The molecule has 2 aromatic heterocycles. The minimum absolute atomic E-state index is 0.619. The van der Waals surface area contributed by atoms with Crippen LogP contribution in [0.1, 0.15) is 21.6 Å². The molecule has 0 aliphatic heterocycles. The molecule has 22 heavy (non-hydrogen) atoms. The van der Waals surface area contributed by atoms with Gasteiger partial charge in [0, 0.05) is 18.5 Å². The third-order valence-electron chi connectivity index (χ3n) is 3.83. The van der Waals surface area contributed by atoms with Crippen molar-refractivity contribution in [3.8, 4) is 0 Å². The van der Waals surface area contributed by atoms with Crippen molar-refractivity contribution < 1.29 is 4.74 Å². The van der Waals surface area contributed by atoms with E-state index in [0.29, 0.717) is 6.61 Å². The summed E-state index contributed by atoms with van der Waals surface area (Å²) in [5.41, 5.74) is 3.68. The molecular weight excluding hydrogens is 294 g/mol. The number of benzene rings is 1. The second kappa shape index (κ2) is 6.42. The molecule has 1 aromatic carbocycles. The van der Waals surface area contributed by atoms with Crippen LogP contribution < -0.4 is 5.32 Å². The van der Waals surface area contributed by atoms with Crippen molar-refractivity contribution in [2.45, 2.75) is 27.0 Å². The first-order chi connectivity index (χ1) is 10.7. The average Bonchev–Trinajstić information content (AvgIpc) is 2.82. The summed E-state index contributed by atoms with van der Waals surface area (Å²) in [7, 11) is 1.72. The van der Waals surface area contributed by atoms with Crippen LogP contribution in [-0.4, -0.2) is 17.1 Å². The Morgan fingerprint density at radius 2 is 1.91 bits per heavy atom. The molecule has 3 rings (SSSR count). The van der Waals surface area contributed by atoms with Crippen LogP contribution in [0.15, 0.2) is 30.6 Å². The maximum absolute atomic E-state index is 5.26. The van der Waals surface area contributed by atoms with E-state index in [-0.39, 0.29) is 0 Å². The summed E-state index contributed by atoms with van der Waals surface area (Å²) in [4.78, 5) is 11.1. The molecule has 1 N–H and O–H groups in total. The van der Waals surface area contributed by atoms with E-state index >= 15 is 0 Å². The molecule has 0 amide bonds. The lowest BCUT2D eigenvalue weighted by Gasteiger charge is -2.11. The van der Waals surface area contributed by atoms with Crippen LogP contribution in [0, 0.1) is 13.8 Å². The number of nitrogens with one attached hydrogen (secondary N) is 1. The molecule has 0 bridgehead atoms. The number of thiophene rings is 1. The largest absolute Gasteiger partial charge is 0.380 e. The lowest BCUT2D eigenvalue weighted by molar-refractivity contribution is 0.184. The van der Waals surface area contributed by atoms with Gasteiger partial charge in [-0.2, -0.15) is 0 Å². The molecule has 0 aliphatic rings. The van der Waals surface area contributed by atoms with E-state index in [4.69, 9.17) is 4.74 Å². The summed E-state index contributed by atoms with van der Waals surface area (Å²) in [6.45, 7) is 5.59. The number of anilines is 1. The predicted molar refractivity (Wildman–Crippen MR) is 91.4 cm³/mol. The first kappa shape index (κ1) is 14.9. The third-order valence-corrected chi connectivity index (χ3v) is 4.95. The minimum atomic E-state index is 0.619. The zero-order valence-corrected chi connectivity index (χ0v) is 13.8. The number of nitrogens with zero attached hydrogens (tertiary/aromatic N) is 2. The van der Waals surface area contributed by atoms with Crippen LogP contribution in [0.25, 0.3) is 10.2 Å². The maximum Gasteiger partial charge on any atom is 0.138 e. The molecule has 0 saturated carbocycles. The molecule has 4 nitrogen and oxygen atoms in total. The van der Waals surface area contributed by atoms with Crippen LogP contribution in [0.4, 0.5) is 5.82 Å². The number of hydrogen-bond acceptors (Lipinski definition) is 5. The fourth-order valence-corrected chi connectivity index (χ4v) is 3.52. The van der Waals surface area contributed by atoms with Gasteiger partial charge in [0.25, 0.3) is 0 Å². The van der Waals surface area contributed by atoms with E-state index in [1.54, 1.807) is 24.8 Å². The minimum Gasteiger partial charge on any atom is -0.380 e. The van der Waals surface area contributed by atoms with Gasteiger partial charge in [-0.15, -0.1) is 11.3 Å². The summed E-state index contributed by atoms with van der Waals surface area (Å²) >= 11 is 1.71. The third kappa shape index (κ3) is 2.82. The van der Waals surface area contributed by atoms with E-state index in [1.165, 1.54) is 21.6 Å². The fraction of sp³-hybridized carbons (Fsp3) is 0.294. The number of hydrogen-bond donors (Lipinski definition) is 1. The van der Waals surface area contributed by atoms with Crippen LogP contribution in [0.5, 0.6) is 0 Å². The number of rotatable bonds is 5. The Hall–Kier alpha value is -1.98. The van der Waals surface area contributed by atoms with Crippen molar-refractivity contribution in [2.24, 2.45) is 0 Å². The van der Waals surface area contributed by atoms with Crippen molar-refractivity contribution in [3.63, 3.8) is 0 Å². The summed E-state index contributed by atoms with van der Waals surface area (Å²) in [6, 6.07) is 8.29. The Morgan fingerprint density at radius 3 is 2.68 bits per heavy atom. The molecule has 3 aromatic rings. The van der Waals surface area contributed by atoms with E-state index < -0.39 is 0 Å². The molecule has 114 valence electrons. The van der Waals surface area contributed by atoms with Crippen molar-refractivity contribution in [1.29, 1.82) is 0 Å². The van der Waals surface area contributed by atoms with E-state index in [9.17, 15) is 0 Å². The van der Waals surface area contributed by atoms with Gasteiger partial charge in [-0.1, -0.05) is 24.3 Å². The number of aromatic nitrogens is 2. The number of ether oxygens (including phenoxy) is 1. The van der Waals surface area contributed by atoms with Crippen molar-refractivity contribution in [3.05, 3.63) is 52.2 Å². The fourth-order valence-electron chi connectivity index (χ4n) is 2.52. The molecule has 0 fully saturated rings. The molecule has 0 saturated heterocycles. The second-order valence-corrected chi connectivity index (χ2v) is 6.44. The van der Waals surface area contributed by atoms with Gasteiger partial charge >= 0.3 is 0 Å². The van der Waals surface area contributed by atoms with Gasteiger partial charge in [0.2, 0.25) is 0 Å². The van der Waals surface area contributed by atoms with Gasteiger partial charge in [0.1, 0.15) is 17.0 Å². The summed E-state index contributed by atoms with van der Waals surface area (Å²) in [5.74, 6) is 0.902. The van der Waals surface area contributed by atoms with Crippen molar-refractivity contribution >= 4 is 27.4 Å². The topological polar surface area (TPSA) is 47.0 Å².